The monoisotopic (exact) mass is 293 g/mol. The molecule has 1 fully saturated rings. The number of carboxylic acid groups (broad SMARTS) is 1. The summed E-state index contributed by atoms with van der Waals surface area (Å²) in [5.74, 6) is -1.26. The highest BCUT2D eigenvalue weighted by Crippen LogP contribution is 2.22. The Morgan fingerprint density at radius 3 is 2.75 bits per heavy atom. The Balaban J connectivity index is 1.97. The minimum Gasteiger partial charge on any atom is -0.508 e. The molecule has 0 unspecified atom stereocenters. The second-order valence-electron chi connectivity index (χ2n) is 3.93. The van der Waals surface area contributed by atoms with Gasteiger partial charge in [0.15, 0.2) is 5.17 Å². The van der Waals surface area contributed by atoms with Gasteiger partial charge in [0.25, 0.3) is 0 Å². The van der Waals surface area contributed by atoms with E-state index < -0.39 is 11.2 Å². The SMILES string of the molecule is O=C(O)C[C@H]1S/C(=N\N=C/c2ccc(O)cc2)NC1=O. The number of aromatic hydroxyl groups is 1. The number of benzene rings is 1. The van der Waals surface area contributed by atoms with Crippen molar-refractivity contribution in [2.45, 2.75) is 11.7 Å². The summed E-state index contributed by atoms with van der Waals surface area (Å²) in [5, 5.41) is 27.4. The van der Waals surface area contributed by atoms with E-state index in [9.17, 15) is 9.59 Å². The Labute approximate surface area is 118 Å². The normalized spacial score (nSPS) is 20.5. The van der Waals surface area contributed by atoms with E-state index in [1.807, 2.05) is 0 Å². The highest BCUT2D eigenvalue weighted by molar-refractivity contribution is 8.15. The largest absolute Gasteiger partial charge is 0.508 e. The van der Waals surface area contributed by atoms with Crippen molar-refractivity contribution in [2.24, 2.45) is 10.2 Å². The first-order chi connectivity index (χ1) is 9.54. The van der Waals surface area contributed by atoms with Crippen molar-refractivity contribution in [1.82, 2.24) is 5.32 Å². The summed E-state index contributed by atoms with van der Waals surface area (Å²) in [4.78, 5) is 22.0. The number of hydrogen-bond acceptors (Lipinski definition) is 6. The average Bonchev–Trinajstić information content (AvgIpc) is 2.72. The van der Waals surface area contributed by atoms with Gasteiger partial charge in [0.05, 0.1) is 12.6 Å². The van der Waals surface area contributed by atoms with Crippen LogP contribution in [0.5, 0.6) is 5.75 Å². The maximum Gasteiger partial charge on any atom is 0.305 e. The zero-order chi connectivity index (χ0) is 14.5. The van der Waals surface area contributed by atoms with E-state index in [2.05, 4.69) is 15.5 Å². The molecule has 1 amide bonds. The number of carbonyl (C=O) groups is 2. The van der Waals surface area contributed by atoms with Crippen molar-refractivity contribution < 1.29 is 19.8 Å². The highest BCUT2D eigenvalue weighted by Gasteiger charge is 2.32. The molecular weight excluding hydrogens is 282 g/mol. The second-order valence-corrected chi connectivity index (χ2v) is 5.13. The van der Waals surface area contributed by atoms with Gasteiger partial charge in [0.1, 0.15) is 11.0 Å². The Kier molecular flexibility index (Phi) is 4.36. The fraction of sp³-hybridized carbons (Fsp3) is 0.167. The smallest absolute Gasteiger partial charge is 0.305 e. The molecule has 1 heterocycles. The lowest BCUT2D eigenvalue weighted by Gasteiger charge is -1.97. The fourth-order valence-electron chi connectivity index (χ4n) is 1.45. The number of carbonyl (C=O) groups excluding carboxylic acids is 1. The quantitative estimate of drug-likeness (QED) is 0.561. The molecule has 0 saturated carbocycles. The maximum absolute atomic E-state index is 11.4. The molecule has 1 aliphatic heterocycles. The highest BCUT2D eigenvalue weighted by atomic mass is 32.2. The molecule has 2 rings (SSSR count). The number of thioether (sulfide) groups is 1. The van der Waals surface area contributed by atoms with E-state index in [0.29, 0.717) is 0 Å². The van der Waals surface area contributed by atoms with E-state index in [0.717, 1.165) is 17.3 Å². The molecule has 7 nitrogen and oxygen atoms in total. The lowest BCUT2D eigenvalue weighted by atomic mass is 10.2. The van der Waals surface area contributed by atoms with Crippen molar-refractivity contribution in [2.75, 3.05) is 0 Å². The third kappa shape index (κ3) is 3.82. The van der Waals surface area contributed by atoms with Gasteiger partial charge in [-0.25, -0.2) is 0 Å². The number of carboxylic acids is 1. The first-order valence-electron chi connectivity index (χ1n) is 5.64. The summed E-state index contributed by atoms with van der Waals surface area (Å²) in [6, 6.07) is 6.35. The van der Waals surface area contributed by atoms with Gasteiger partial charge in [-0.2, -0.15) is 5.10 Å². The van der Waals surface area contributed by atoms with E-state index in [-0.39, 0.29) is 23.2 Å². The zero-order valence-electron chi connectivity index (χ0n) is 10.2. The number of phenols is 1. The van der Waals surface area contributed by atoms with Gasteiger partial charge in [0.2, 0.25) is 5.91 Å². The molecule has 1 aliphatic rings. The molecule has 3 N–H and O–H groups in total. The molecule has 0 aromatic heterocycles. The van der Waals surface area contributed by atoms with E-state index in [4.69, 9.17) is 10.2 Å². The number of rotatable bonds is 4. The van der Waals surface area contributed by atoms with Crippen LogP contribution < -0.4 is 5.32 Å². The molecule has 0 aliphatic carbocycles. The number of amidine groups is 1. The fourth-order valence-corrected chi connectivity index (χ4v) is 2.37. The molecule has 8 heteroatoms. The van der Waals surface area contributed by atoms with Crippen LogP contribution >= 0.6 is 11.8 Å². The summed E-state index contributed by atoms with van der Waals surface area (Å²) in [5.41, 5.74) is 0.739. The minimum atomic E-state index is -1.04. The summed E-state index contributed by atoms with van der Waals surface area (Å²) in [6.45, 7) is 0. The van der Waals surface area contributed by atoms with Gasteiger partial charge >= 0.3 is 5.97 Å². The summed E-state index contributed by atoms with van der Waals surface area (Å²) in [6.07, 6.45) is 1.21. The molecule has 0 radical (unpaired) electrons. The van der Waals surface area contributed by atoms with Crippen molar-refractivity contribution in [1.29, 1.82) is 0 Å². The Morgan fingerprint density at radius 2 is 2.10 bits per heavy atom. The molecule has 1 saturated heterocycles. The maximum atomic E-state index is 11.4. The molecule has 20 heavy (non-hydrogen) atoms. The van der Waals surface area contributed by atoms with Crippen LogP contribution in [-0.2, 0) is 9.59 Å². The molecular formula is C12H11N3O4S. The van der Waals surface area contributed by atoms with Crippen molar-refractivity contribution in [3.05, 3.63) is 29.8 Å². The van der Waals surface area contributed by atoms with Gasteiger partial charge in [0, 0.05) is 0 Å². The third-order valence-electron chi connectivity index (χ3n) is 2.38. The second kappa shape index (κ2) is 6.20. The summed E-state index contributed by atoms with van der Waals surface area (Å²) < 4.78 is 0. The predicted molar refractivity (Wildman–Crippen MR) is 74.9 cm³/mol. The molecule has 1 atom stereocenters. The van der Waals surface area contributed by atoms with Gasteiger partial charge in [-0.1, -0.05) is 11.8 Å². The van der Waals surface area contributed by atoms with Gasteiger partial charge in [-0.15, -0.1) is 5.10 Å². The lowest BCUT2D eigenvalue weighted by Crippen LogP contribution is -2.26. The number of hydrogen-bond donors (Lipinski definition) is 3. The van der Waals surface area contributed by atoms with Gasteiger partial charge < -0.3 is 15.5 Å². The standard InChI is InChI=1S/C12H11N3O4S/c16-8-3-1-7(2-4-8)6-13-15-12-14-11(19)9(20-12)5-10(17)18/h1-4,6,9,16H,5H2,(H,17,18)(H,14,15,19)/b13-6-/t9-/m1/s1. The molecule has 1 aromatic carbocycles. The summed E-state index contributed by atoms with van der Waals surface area (Å²) in [7, 11) is 0. The van der Waals surface area contributed by atoms with Crippen LogP contribution in [0.2, 0.25) is 0 Å². The zero-order valence-corrected chi connectivity index (χ0v) is 11.0. The summed E-state index contributed by atoms with van der Waals surface area (Å²) >= 11 is 1.04. The molecule has 0 bridgehead atoms. The Bertz CT molecular complexity index is 583. The van der Waals surface area contributed by atoms with Gasteiger partial charge in [-0.3, -0.25) is 9.59 Å². The first kappa shape index (κ1) is 14.1. The van der Waals surface area contributed by atoms with Crippen LogP contribution in [0.25, 0.3) is 0 Å². The number of amides is 1. The van der Waals surface area contributed by atoms with Gasteiger partial charge in [-0.05, 0) is 29.8 Å². The Morgan fingerprint density at radius 1 is 1.40 bits per heavy atom. The number of nitrogens with one attached hydrogen (secondary N) is 1. The van der Waals surface area contributed by atoms with Crippen LogP contribution in [0.3, 0.4) is 0 Å². The molecule has 104 valence electrons. The lowest BCUT2D eigenvalue weighted by molar-refractivity contribution is -0.138. The van der Waals surface area contributed by atoms with Crippen molar-refractivity contribution >= 4 is 35.0 Å². The van der Waals surface area contributed by atoms with Crippen molar-refractivity contribution in [3.8, 4) is 5.75 Å². The number of nitrogens with zero attached hydrogens (tertiary/aromatic N) is 2. The van der Waals surface area contributed by atoms with E-state index in [1.165, 1.54) is 18.3 Å². The van der Waals surface area contributed by atoms with Crippen LogP contribution in [-0.4, -0.2) is 38.7 Å². The van der Waals surface area contributed by atoms with Crippen molar-refractivity contribution in [3.63, 3.8) is 0 Å². The minimum absolute atomic E-state index is 0.156. The number of aliphatic carboxylic acids is 1. The van der Waals surface area contributed by atoms with Crippen LogP contribution in [0, 0.1) is 0 Å². The Hall–Kier alpha value is -2.35. The first-order valence-corrected chi connectivity index (χ1v) is 6.52. The number of phenolic OH excluding ortho intramolecular Hbond substituents is 1. The average molecular weight is 293 g/mol. The van der Waals surface area contributed by atoms with Crippen LogP contribution in [0.4, 0.5) is 0 Å². The third-order valence-corrected chi connectivity index (χ3v) is 3.46. The van der Waals surface area contributed by atoms with Crippen LogP contribution in [0.1, 0.15) is 12.0 Å². The molecule has 0 spiro atoms. The van der Waals surface area contributed by atoms with E-state index >= 15 is 0 Å². The van der Waals surface area contributed by atoms with E-state index in [1.54, 1.807) is 12.1 Å². The molecule has 1 aromatic rings. The topological polar surface area (TPSA) is 111 Å². The predicted octanol–water partition coefficient (Wildman–Crippen LogP) is 0.788. The van der Waals surface area contributed by atoms with Crippen LogP contribution in [0.15, 0.2) is 34.5 Å².